The van der Waals surface area contributed by atoms with Crippen molar-refractivity contribution in [2.75, 3.05) is 27.2 Å². The Morgan fingerprint density at radius 1 is 1.10 bits per heavy atom. The van der Waals surface area contributed by atoms with Gasteiger partial charge in [0.2, 0.25) is 0 Å². The molecule has 1 aliphatic rings. The molecule has 0 heterocycles. The second kappa shape index (κ2) is 5.63. The summed E-state index contributed by atoms with van der Waals surface area (Å²) in [6.07, 6.45) is 2.04. The van der Waals surface area contributed by atoms with E-state index in [4.69, 9.17) is 4.84 Å². The average molecular weight is 268 g/mol. The predicted molar refractivity (Wildman–Crippen MR) is 83.3 cm³/mol. The number of hydrogen-bond acceptors (Lipinski definition) is 3. The van der Waals surface area contributed by atoms with Gasteiger partial charge < -0.3 is 9.74 Å². The molecule has 0 aromatic heterocycles. The lowest BCUT2D eigenvalue weighted by molar-refractivity contribution is 0.126. The molecule has 3 heteroatoms. The quantitative estimate of drug-likeness (QED) is 0.629. The van der Waals surface area contributed by atoms with Crippen molar-refractivity contribution in [3.8, 4) is 0 Å². The van der Waals surface area contributed by atoms with E-state index in [0.29, 0.717) is 6.61 Å². The monoisotopic (exact) mass is 268 g/mol. The number of oxime groups is 1. The molecule has 0 bridgehead atoms. The molecule has 104 valence electrons. The molecule has 0 amide bonds. The number of likely N-dealkylation sites (N-methyl/N-ethyl adjacent to an activating group) is 1. The molecule has 0 N–H and O–H groups in total. The van der Waals surface area contributed by atoms with Crippen LogP contribution in [-0.2, 0) is 11.3 Å². The van der Waals surface area contributed by atoms with Crippen molar-refractivity contribution >= 4 is 16.5 Å². The Hall–Kier alpha value is -1.87. The average Bonchev–Trinajstić information content (AvgIpc) is 2.87. The summed E-state index contributed by atoms with van der Waals surface area (Å²) in [7, 11) is 4.07. The van der Waals surface area contributed by atoms with Crippen LogP contribution in [0.5, 0.6) is 0 Å². The number of hydrogen-bond donors (Lipinski definition) is 0. The highest BCUT2D eigenvalue weighted by Gasteiger charge is 2.20. The summed E-state index contributed by atoms with van der Waals surface area (Å²) >= 11 is 0. The third-order valence-corrected chi connectivity index (χ3v) is 3.77. The first-order valence-corrected chi connectivity index (χ1v) is 7.10. The van der Waals surface area contributed by atoms with Gasteiger partial charge in [-0.1, -0.05) is 41.6 Å². The van der Waals surface area contributed by atoms with Crippen molar-refractivity contribution < 1.29 is 4.84 Å². The van der Waals surface area contributed by atoms with E-state index in [1.54, 1.807) is 0 Å². The summed E-state index contributed by atoms with van der Waals surface area (Å²) in [5, 5.41) is 6.99. The van der Waals surface area contributed by atoms with Crippen LogP contribution in [0.4, 0.5) is 0 Å². The molecule has 0 unspecified atom stereocenters. The number of rotatable bonds is 4. The van der Waals surface area contributed by atoms with Crippen molar-refractivity contribution in [1.29, 1.82) is 0 Å². The van der Waals surface area contributed by atoms with E-state index in [2.05, 4.69) is 46.5 Å². The Balaban J connectivity index is 1.83. The number of fused-ring (bicyclic) bond motifs is 3. The molecule has 3 rings (SSSR count). The number of aryl methyl sites for hydroxylation is 1. The van der Waals surface area contributed by atoms with Crippen LogP contribution in [0.25, 0.3) is 10.8 Å². The SMILES string of the molecule is CN(C)CCO/N=C1\CCc2c1ccc1ccccc21. The van der Waals surface area contributed by atoms with Crippen LogP contribution >= 0.6 is 0 Å². The van der Waals surface area contributed by atoms with Gasteiger partial charge in [-0.3, -0.25) is 0 Å². The van der Waals surface area contributed by atoms with E-state index < -0.39 is 0 Å². The van der Waals surface area contributed by atoms with Crippen LogP contribution in [0.2, 0.25) is 0 Å². The van der Waals surface area contributed by atoms with Crippen LogP contribution in [0.15, 0.2) is 41.6 Å². The molecule has 0 radical (unpaired) electrons. The van der Waals surface area contributed by atoms with E-state index in [-0.39, 0.29) is 0 Å². The van der Waals surface area contributed by atoms with Gasteiger partial charge >= 0.3 is 0 Å². The highest BCUT2D eigenvalue weighted by atomic mass is 16.6. The van der Waals surface area contributed by atoms with Crippen LogP contribution in [0.3, 0.4) is 0 Å². The Bertz CT molecular complexity index is 646. The molecule has 0 saturated heterocycles. The normalized spacial score (nSPS) is 16.1. The molecule has 0 aliphatic heterocycles. The molecular weight excluding hydrogens is 248 g/mol. The highest BCUT2D eigenvalue weighted by molar-refractivity contribution is 6.08. The molecule has 2 aromatic carbocycles. The molecule has 1 aliphatic carbocycles. The fraction of sp³-hybridized carbons (Fsp3) is 0.353. The summed E-state index contributed by atoms with van der Waals surface area (Å²) < 4.78 is 0. The van der Waals surface area contributed by atoms with E-state index in [0.717, 1.165) is 25.1 Å². The van der Waals surface area contributed by atoms with Crippen molar-refractivity contribution in [3.05, 3.63) is 47.5 Å². The smallest absolute Gasteiger partial charge is 0.129 e. The lowest BCUT2D eigenvalue weighted by Crippen LogP contribution is -2.17. The lowest BCUT2D eigenvalue weighted by Gasteiger charge is -2.08. The molecular formula is C17H20N2O. The van der Waals surface area contributed by atoms with Crippen LogP contribution in [0.1, 0.15) is 17.5 Å². The summed E-state index contributed by atoms with van der Waals surface area (Å²) in [6.45, 7) is 1.53. The summed E-state index contributed by atoms with van der Waals surface area (Å²) in [4.78, 5) is 7.54. The van der Waals surface area contributed by atoms with Gasteiger partial charge in [0, 0.05) is 12.1 Å². The van der Waals surface area contributed by atoms with Gasteiger partial charge in [-0.2, -0.15) is 0 Å². The van der Waals surface area contributed by atoms with Gasteiger partial charge in [-0.25, -0.2) is 0 Å². The maximum absolute atomic E-state index is 5.44. The largest absolute Gasteiger partial charge is 0.394 e. The summed E-state index contributed by atoms with van der Waals surface area (Å²) in [5.41, 5.74) is 3.76. The van der Waals surface area contributed by atoms with Gasteiger partial charge in [0.25, 0.3) is 0 Å². The Morgan fingerprint density at radius 3 is 2.80 bits per heavy atom. The van der Waals surface area contributed by atoms with E-state index in [1.165, 1.54) is 21.9 Å². The van der Waals surface area contributed by atoms with Gasteiger partial charge in [-0.05, 0) is 43.3 Å². The second-order valence-corrected chi connectivity index (χ2v) is 5.49. The van der Waals surface area contributed by atoms with Crippen LogP contribution in [-0.4, -0.2) is 37.9 Å². The summed E-state index contributed by atoms with van der Waals surface area (Å²) in [6, 6.07) is 12.9. The van der Waals surface area contributed by atoms with Crippen LogP contribution < -0.4 is 0 Å². The third kappa shape index (κ3) is 2.54. The Kier molecular flexibility index (Phi) is 3.70. The third-order valence-electron chi connectivity index (χ3n) is 3.77. The Morgan fingerprint density at radius 2 is 1.95 bits per heavy atom. The number of nitrogens with zero attached hydrogens (tertiary/aromatic N) is 2. The zero-order valence-electron chi connectivity index (χ0n) is 12.1. The zero-order chi connectivity index (χ0) is 13.9. The van der Waals surface area contributed by atoms with E-state index in [1.807, 2.05) is 14.1 Å². The standard InChI is InChI=1S/C17H20N2O/c1-19(2)11-12-20-18-17-10-9-15-14-6-4-3-5-13(14)7-8-16(15)17/h3-8H,9-12H2,1-2H3/b18-17+. The van der Waals surface area contributed by atoms with Crippen LogP contribution in [0, 0.1) is 0 Å². The molecule has 2 aromatic rings. The van der Waals surface area contributed by atoms with E-state index >= 15 is 0 Å². The van der Waals surface area contributed by atoms with E-state index in [9.17, 15) is 0 Å². The minimum atomic E-state index is 0.638. The molecule has 0 atom stereocenters. The topological polar surface area (TPSA) is 24.8 Å². The molecule has 0 fully saturated rings. The first-order valence-electron chi connectivity index (χ1n) is 7.10. The minimum absolute atomic E-state index is 0.638. The maximum atomic E-state index is 5.44. The van der Waals surface area contributed by atoms with Crippen molar-refractivity contribution in [1.82, 2.24) is 4.90 Å². The molecule has 20 heavy (non-hydrogen) atoms. The predicted octanol–water partition coefficient (Wildman–Crippen LogP) is 3.07. The number of benzene rings is 2. The van der Waals surface area contributed by atoms with Gasteiger partial charge in [0.05, 0.1) is 5.71 Å². The lowest BCUT2D eigenvalue weighted by atomic mass is 10.0. The first kappa shape index (κ1) is 13.1. The first-order chi connectivity index (χ1) is 9.75. The summed E-state index contributed by atoms with van der Waals surface area (Å²) in [5.74, 6) is 0. The fourth-order valence-electron chi connectivity index (χ4n) is 2.70. The zero-order valence-corrected chi connectivity index (χ0v) is 12.1. The maximum Gasteiger partial charge on any atom is 0.129 e. The fourth-order valence-corrected chi connectivity index (χ4v) is 2.70. The van der Waals surface area contributed by atoms with Gasteiger partial charge in [0.1, 0.15) is 6.61 Å². The van der Waals surface area contributed by atoms with Gasteiger partial charge in [-0.15, -0.1) is 0 Å². The van der Waals surface area contributed by atoms with Crippen molar-refractivity contribution in [3.63, 3.8) is 0 Å². The second-order valence-electron chi connectivity index (χ2n) is 5.49. The highest BCUT2D eigenvalue weighted by Crippen LogP contribution is 2.30. The molecule has 0 spiro atoms. The minimum Gasteiger partial charge on any atom is -0.394 e. The molecule has 3 nitrogen and oxygen atoms in total. The Labute approximate surface area is 119 Å². The van der Waals surface area contributed by atoms with Crippen molar-refractivity contribution in [2.45, 2.75) is 12.8 Å². The van der Waals surface area contributed by atoms with Gasteiger partial charge in [0.15, 0.2) is 0 Å². The van der Waals surface area contributed by atoms with Crippen molar-refractivity contribution in [2.24, 2.45) is 5.16 Å². The molecule has 0 saturated carbocycles.